The zero-order chi connectivity index (χ0) is 26.4. The summed E-state index contributed by atoms with van der Waals surface area (Å²) in [5.41, 5.74) is 4.52. The molecule has 0 saturated heterocycles. The molecule has 0 amide bonds. The first kappa shape index (κ1) is 23.3. The highest BCUT2D eigenvalue weighted by Gasteiger charge is 2.33. The largest absolute Gasteiger partial charge is 0.256 e. The minimum Gasteiger partial charge on any atom is -0.256 e. The van der Waals surface area contributed by atoms with Crippen molar-refractivity contribution in [2.45, 2.75) is 9.79 Å². The van der Waals surface area contributed by atoms with Crippen LogP contribution in [0, 0.1) is 0 Å². The molecule has 0 aromatic heterocycles. The highest BCUT2D eigenvalue weighted by atomic mass is 32.2. The molecule has 0 spiro atoms. The summed E-state index contributed by atoms with van der Waals surface area (Å²) in [7, 11) is -3.66. The molecular formula is C34H22N2O2S. The molecule has 0 radical (unpaired) electrons. The second kappa shape index (κ2) is 9.15. The van der Waals surface area contributed by atoms with E-state index in [0.29, 0.717) is 20.9 Å². The van der Waals surface area contributed by atoms with Crippen molar-refractivity contribution in [3.8, 4) is 11.1 Å². The van der Waals surface area contributed by atoms with Gasteiger partial charge in [-0.1, -0.05) is 84.9 Å². The van der Waals surface area contributed by atoms with E-state index < -0.39 is 9.84 Å². The molecule has 0 unspecified atom stereocenters. The number of sulfone groups is 1. The first-order chi connectivity index (χ1) is 19.0. The standard InChI is InChI=1S/C34H22N2O2S/c37-39(38)33-17-23(21-35-29-13-11-25-5-1-3-7-27(25)19-29)9-15-31(33)32-16-10-24(18-34(32)39)22-36-30-14-12-26-6-2-4-8-28(26)20-30/h1-22H. The van der Waals surface area contributed by atoms with Crippen LogP contribution in [-0.4, -0.2) is 20.8 Å². The Labute approximate surface area is 226 Å². The van der Waals surface area contributed by atoms with Gasteiger partial charge in [0, 0.05) is 23.6 Å². The van der Waals surface area contributed by atoms with E-state index in [4.69, 9.17) is 0 Å². The van der Waals surface area contributed by atoms with E-state index in [9.17, 15) is 8.42 Å². The van der Waals surface area contributed by atoms with Crippen molar-refractivity contribution in [2.75, 3.05) is 0 Å². The number of benzene rings is 6. The zero-order valence-corrected chi connectivity index (χ0v) is 21.6. The Morgan fingerprint density at radius 3 is 1.36 bits per heavy atom. The Morgan fingerprint density at radius 1 is 0.462 bits per heavy atom. The smallest absolute Gasteiger partial charge is 0.207 e. The van der Waals surface area contributed by atoms with Crippen LogP contribution in [-0.2, 0) is 9.84 Å². The van der Waals surface area contributed by atoms with E-state index in [-0.39, 0.29) is 0 Å². The summed E-state index contributed by atoms with van der Waals surface area (Å²) >= 11 is 0. The molecular weight excluding hydrogens is 500 g/mol. The SMILES string of the molecule is O=S1(=O)c2cc(C=Nc3ccc4ccccc4c3)ccc2-c2ccc(C=Nc3ccc4ccccc4c3)cc21. The van der Waals surface area contributed by atoms with Gasteiger partial charge in [0.05, 0.1) is 21.2 Å². The average Bonchev–Trinajstić information content (AvgIpc) is 3.20. The topological polar surface area (TPSA) is 58.9 Å². The van der Waals surface area contributed by atoms with E-state index in [1.807, 2.05) is 97.1 Å². The molecule has 0 bridgehead atoms. The van der Waals surface area contributed by atoms with Gasteiger partial charge in [-0.15, -0.1) is 0 Å². The highest BCUT2D eigenvalue weighted by Crippen LogP contribution is 2.43. The van der Waals surface area contributed by atoms with Crippen molar-refractivity contribution < 1.29 is 8.42 Å². The quantitative estimate of drug-likeness (QED) is 0.218. The maximum atomic E-state index is 13.5. The molecule has 4 nitrogen and oxygen atoms in total. The van der Waals surface area contributed by atoms with Gasteiger partial charge in [-0.3, -0.25) is 9.98 Å². The monoisotopic (exact) mass is 522 g/mol. The van der Waals surface area contributed by atoms with Crippen molar-refractivity contribution >= 4 is 55.2 Å². The summed E-state index contributed by atoms with van der Waals surface area (Å²) in [5, 5.41) is 4.53. The Hall–Kier alpha value is -4.87. The molecule has 186 valence electrons. The molecule has 0 aliphatic carbocycles. The molecule has 39 heavy (non-hydrogen) atoms. The molecule has 1 heterocycles. The van der Waals surface area contributed by atoms with Gasteiger partial charge in [-0.25, -0.2) is 8.42 Å². The lowest BCUT2D eigenvalue weighted by molar-refractivity contribution is 0.598. The molecule has 6 aromatic carbocycles. The van der Waals surface area contributed by atoms with Gasteiger partial charge in [0.2, 0.25) is 9.84 Å². The number of hydrogen-bond acceptors (Lipinski definition) is 4. The van der Waals surface area contributed by atoms with Crippen LogP contribution in [0.1, 0.15) is 11.1 Å². The fourth-order valence-electron chi connectivity index (χ4n) is 5.06. The number of hydrogen-bond donors (Lipinski definition) is 0. The molecule has 0 N–H and O–H groups in total. The van der Waals surface area contributed by atoms with E-state index in [0.717, 1.165) is 44.0 Å². The highest BCUT2D eigenvalue weighted by molar-refractivity contribution is 7.92. The lowest BCUT2D eigenvalue weighted by Gasteiger charge is -2.02. The Kier molecular flexibility index (Phi) is 5.46. The van der Waals surface area contributed by atoms with Gasteiger partial charge < -0.3 is 0 Å². The summed E-state index contributed by atoms with van der Waals surface area (Å²) in [4.78, 5) is 9.81. The van der Waals surface area contributed by atoms with Crippen LogP contribution in [0.15, 0.2) is 141 Å². The van der Waals surface area contributed by atoms with Gasteiger partial charge in [0.25, 0.3) is 0 Å². The Balaban J connectivity index is 1.18. The normalized spacial score (nSPS) is 13.8. The second-order valence-corrected chi connectivity index (χ2v) is 11.5. The molecule has 1 aliphatic heterocycles. The van der Waals surface area contributed by atoms with Gasteiger partial charge in [-0.2, -0.15) is 0 Å². The minimum absolute atomic E-state index is 0.309. The Bertz CT molecular complexity index is 1950. The van der Waals surface area contributed by atoms with Crippen LogP contribution in [0.25, 0.3) is 32.7 Å². The van der Waals surface area contributed by atoms with Crippen molar-refractivity contribution in [2.24, 2.45) is 9.98 Å². The molecule has 0 saturated carbocycles. The fourth-order valence-corrected chi connectivity index (χ4v) is 6.81. The van der Waals surface area contributed by atoms with Crippen LogP contribution < -0.4 is 0 Å². The third kappa shape index (κ3) is 4.23. The second-order valence-electron chi connectivity index (χ2n) is 9.59. The van der Waals surface area contributed by atoms with Crippen LogP contribution in [0.4, 0.5) is 11.4 Å². The predicted molar refractivity (Wildman–Crippen MR) is 160 cm³/mol. The lowest BCUT2D eigenvalue weighted by atomic mass is 10.0. The lowest BCUT2D eigenvalue weighted by Crippen LogP contribution is -1.98. The molecule has 5 heteroatoms. The number of aliphatic imine (C=N–C) groups is 2. The molecule has 1 aliphatic rings. The molecule has 0 atom stereocenters. The van der Waals surface area contributed by atoms with Crippen molar-refractivity contribution in [3.63, 3.8) is 0 Å². The number of fused-ring (bicyclic) bond motifs is 5. The molecule has 6 aromatic rings. The van der Waals surface area contributed by atoms with Gasteiger partial charge >= 0.3 is 0 Å². The summed E-state index contributed by atoms with van der Waals surface area (Å²) in [6.07, 6.45) is 3.43. The van der Waals surface area contributed by atoms with Gasteiger partial charge in [0.15, 0.2) is 0 Å². The third-order valence-electron chi connectivity index (χ3n) is 7.07. The summed E-state index contributed by atoms with van der Waals surface area (Å²) < 4.78 is 27.1. The van der Waals surface area contributed by atoms with Crippen LogP contribution in [0.3, 0.4) is 0 Å². The maximum Gasteiger partial charge on any atom is 0.207 e. The average molecular weight is 523 g/mol. The van der Waals surface area contributed by atoms with Gasteiger partial charge in [0.1, 0.15) is 0 Å². The van der Waals surface area contributed by atoms with Crippen molar-refractivity contribution in [1.82, 2.24) is 0 Å². The first-order valence-electron chi connectivity index (χ1n) is 12.6. The number of nitrogens with zero attached hydrogens (tertiary/aromatic N) is 2. The van der Waals surface area contributed by atoms with E-state index >= 15 is 0 Å². The van der Waals surface area contributed by atoms with E-state index in [2.05, 4.69) is 22.1 Å². The summed E-state index contributed by atoms with van der Waals surface area (Å²) in [5.74, 6) is 0. The summed E-state index contributed by atoms with van der Waals surface area (Å²) in [6, 6.07) is 39.2. The predicted octanol–water partition coefficient (Wildman–Crippen LogP) is 8.31. The zero-order valence-electron chi connectivity index (χ0n) is 20.8. The molecule has 7 rings (SSSR count). The van der Waals surface area contributed by atoms with Crippen molar-refractivity contribution in [3.05, 3.63) is 132 Å². The molecule has 0 fully saturated rings. The van der Waals surface area contributed by atoms with Crippen molar-refractivity contribution in [1.29, 1.82) is 0 Å². The fraction of sp³-hybridized carbons (Fsp3) is 0. The van der Waals surface area contributed by atoms with Crippen LogP contribution >= 0.6 is 0 Å². The van der Waals surface area contributed by atoms with E-state index in [1.165, 1.54) is 0 Å². The minimum atomic E-state index is -3.66. The third-order valence-corrected chi connectivity index (χ3v) is 8.91. The number of rotatable bonds is 4. The van der Waals surface area contributed by atoms with Gasteiger partial charge in [-0.05, 0) is 69.1 Å². The van der Waals surface area contributed by atoms with Crippen LogP contribution in [0.2, 0.25) is 0 Å². The Morgan fingerprint density at radius 2 is 0.897 bits per heavy atom. The maximum absolute atomic E-state index is 13.5. The van der Waals surface area contributed by atoms with Crippen LogP contribution in [0.5, 0.6) is 0 Å². The van der Waals surface area contributed by atoms with E-state index in [1.54, 1.807) is 24.6 Å². The first-order valence-corrected chi connectivity index (χ1v) is 14.1. The summed E-state index contributed by atoms with van der Waals surface area (Å²) in [6.45, 7) is 0.